The highest BCUT2D eigenvalue weighted by Gasteiger charge is 2.43. The Hall–Kier alpha value is -3.59. The number of imide groups is 1. The first-order valence-electron chi connectivity index (χ1n) is 9.08. The molecule has 1 N–H and O–H groups in total. The molecule has 0 saturated carbocycles. The van der Waals surface area contributed by atoms with Gasteiger partial charge in [0.15, 0.2) is 0 Å². The molecular formula is C20H18N4O5. The van der Waals surface area contributed by atoms with Gasteiger partial charge in [-0.25, -0.2) is 0 Å². The largest absolute Gasteiger partial charge is 0.358 e. The van der Waals surface area contributed by atoms with Gasteiger partial charge in [0.2, 0.25) is 5.91 Å². The van der Waals surface area contributed by atoms with E-state index in [0.29, 0.717) is 13.0 Å². The van der Waals surface area contributed by atoms with Gasteiger partial charge in [-0.3, -0.25) is 34.3 Å². The lowest BCUT2D eigenvalue weighted by Gasteiger charge is -2.37. The lowest BCUT2D eigenvalue weighted by atomic mass is 9.94. The van der Waals surface area contributed by atoms with E-state index in [1.807, 2.05) is 24.3 Å². The number of amides is 3. The number of nitro benzene ring substituents is 1. The number of hydrogen-bond acceptors (Lipinski definition) is 6. The van der Waals surface area contributed by atoms with E-state index in [9.17, 15) is 24.5 Å². The van der Waals surface area contributed by atoms with Gasteiger partial charge in [-0.2, -0.15) is 0 Å². The standard InChI is InChI=1S/C20H18N4O5/c1-21-18(25)16-9-12-5-2-3-6-13(12)10-22(16)11-23-19(26)14-7-4-8-15(24(28)29)17(14)20(23)27/h2-8,16H,9-11H2,1H3,(H,21,25). The lowest BCUT2D eigenvalue weighted by molar-refractivity contribution is -0.385. The number of rotatable bonds is 4. The van der Waals surface area contributed by atoms with Gasteiger partial charge >= 0.3 is 0 Å². The SMILES string of the molecule is CNC(=O)C1Cc2ccccc2CN1CN1C(=O)c2cccc([N+](=O)[O-])c2C1=O. The smallest absolute Gasteiger partial charge is 0.282 e. The van der Waals surface area contributed by atoms with E-state index in [-0.39, 0.29) is 23.7 Å². The summed E-state index contributed by atoms with van der Waals surface area (Å²) < 4.78 is 0. The predicted molar refractivity (Wildman–Crippen MR) is 102 cm³/mol. The molecule has 0 spiro atoms. The molecule has 29 heavy (non-hydrogen) atoms. The molecule has 9 heteroatoms. The zero-order chi connectivity index (χ0) is 20.7. The molecule has 1 unspecified atom stereocenters. The van der Waals surface area contributed by atoms with E-state index < -0.39 is 28.5 Å². The Morgan fingerprint density at radius 2 is 1.86 bits per heavy atom. The van der Waals surface area contributed by atoms with Crippen LogP contribution in [0.25, 0.3) is 0 Å². The Morgan fingerprint density at radius 3 is 2.55 bits per heavy atom. The molecule has 2 aliphatic heterocycles. The number of benzene rings is 2. The first-order chi connectivity index (χ1) is 13.9. The first kappa shape index (κ1) is 18.8. The molecule has 0 saturated heterocycles. The fourth-order valence-electron chi connectivity index (χ4n) is 3.93. The average molecular weight is 394 g/mol. The van der Waals surface area contributed by atoms with Crippen LogP contribution in [-0.4, -0.2) is 52.2 Å². The van der Waals surface area contributed by atoms with Crippen LogP contribution >= 0.6 is 0 Å². The van der Waals surface area contributed by atoms with Gasteiger partial charge in [-0.05, 0) is 23.6 Å². The van der Waals surface area contributed by atoms with Crippen LogP contribution in [0.4, 0.5) is 5.69 Å². The van der Waals surface area contributed by atoms with Gasteiger partial charge in [-0.1, -0.05) is 30.3 Å². The van der Waals surface area contributed by atoms with Crippen LogP contribution in [0.5, 0.6) is 0 Å². The summed E-state index contributed by atoms with van der Waals surface area (Å²) in [5.74, 6) is -1.53. The van der Waals surface area contributed by atoms with Crippen LogP contribution < -0.4 is 5.32 Å². The van der Waals surface area contributed by atoms with Crippen molar-refractivity contribution in [2.45, 2.75) is 19.0 Å². The number of hydrogen-bond donors (Lipinski definition) is 1. The van der Waals surface area contributed by atoms with Crippen molar-refractivity contribution in [3.05, 3.63) is 74.8 Å². The topological polar surface area (TPSA) is 113 Å². The van der Waals surface area contributed by atoms with E-state index in [4.69, 9.17) is 0 Å². The van der Waals surface area contributed by atoms with Gasteiger partial charge in [0.1, 0.15) is 5.56 Å². The van der Waals surface area contributed by atoms with E-state index in [0.717, 1.165) is 16.0 Å². The third-order valence-electron chi connectivity index (χ3n) is 5.39. The second kappa shape index (κ2) is 7.10. The number of carbonyl (C=O) groups excluding carboxylic acids is 3. The Labute approximate surface area is 166 Å². The van der Waals surface area contributed by atoms with Crippen LogP contribution in [0, 0.1) is 10.1 Å². The van der Waals surface area contributed by atoms with Crippen LogP contribution in [-0.2, 0) is 17.8 Å². The predicted octanol–water partition coefficient (Wildman–Crippen LogP) is 1.32. The lowest BCUT2D eigenvalue weighted by Crippen LogP contribution is -2.53. The van der Waals surface area contributed by atoms with Crippen molar-refractivity contribution >= 4 is 23.4 Å². The molecule has 2 aromatic rings. The quantitative estimate of drug-likeness (QED) is 0.475. The molecule has 0 aromatic heterocycles. The minimum Gasteiger partial charge on any atom is -0.358 e. The van der Waals surface area contributed by atoms with Crippen LogP contribution in [0.3, 0.4) is 0 Å². The summed E-state index contributed by atoms with van der Waals surface area (Å²) in [6, 6.07) is 11.1. The summed E-state index contributed by atoms with van der Waals surface area (Å²) in [7, 11) is 1.53. The monoisotopic (exact) mass is 394 g/mol. The number of carbonyl (C=O) groups is 3. The molecule has 2 heterocycles. The maximum Gasteiger partial charge on any atom is 0.282 e. The van der Waals surface area contributed by atoms with Gasteiger partial charge in [0.05, 0.1) is 23.2 Å². The number of nitro groups is 1. The van der Waals surface area contributed by atoms with Crippen molar-refractivity contribution in [3.8, 4) is 0 Å². The molecule has 148 valence electrons. The number of likely N-dealkylation sites (N-methyl/N-ethyl adjacent to an activating group) is 1. The molecule has 4 rings (SSSR count). The van der Waals surface area contributed by atoms with E-state index >= 15 is 0 Å². The highest BCUT2D eigenvalue weighted by Crippen LogP contribution is 2.32. The average Bonchev–Trinajstić information content (AvgIpc) is 2.97. The van der Waals surface area contributed by atoms with Crippen molar-refractivity contribution in [1.29, 1.82) is 0 Å². The summed E-state index contributed by atoms with van der Waals surface area (Å²) in [4.78, 5) is 51.5. The third kappa shape index (κ3) is 3.05. The molecule has 3 amide bonds. The molecule has 0 aliphatic carbocycles. The summed E-state index contributed by atoms with van der Waals surface area (Å²) in [6.45, 7) is 0.250. The van der Waals surface area contributed by atoms with Crippen LogP contribution in [0.1, 0.15) is 31.8 Å². The summed E-state index contributed by atoms with van der Waals surface area (Å²) in [5.41, 5.74) is 1.47. The molecule has 0 bridgehead atoms. The summed E-state index contributed by atoms with van der Waals surface area (Å²) in [5, 5.41) is 13.9. The molecule has 9 nitrogen and oxygen atoms in total. The summed E-state index contributed by atoms with van der Waals surface area (Å²) in [6.07, 6.45) is 0.444. The van der Waals surface area contributed by atoms with Gasteiger partial charge in [-0.15, -0.1) is 0 Å². The minimum atomic E-state index is -0.716. The zero-order valence-electron chi connectivity index (χ0n) is 15.6. The number of fused-ring (bicyclic) bond motifs is 2. The molecule has 1 atom stereocenters. The minimum absolute atomic E-state index is 0.0121. The Balaban J connectivity index is 1.67. The fraction of sp³-hybridized carbons (Fsp3) is 0.250. The number of nitrogens with zero attached hydrogens (tertiary/aromatic N) is 3. The molecule has 2 aromatic carbocycles. The van der Waals surface area contributed by atoms with E-state index in [1.54, 1.807) is 4.90 Å². The van der Waals surface area contributed by atoms with Crippen molar-refractivity contribution in [3.63, 3.8) is 0 Å². The molecular weight excluding hydrogens is 376 g/mol. The Bertz CT molecular complexity index is 1050. The third-order valence-corrected chi connectivity index (χ3v) is 5.39. The highest BCUT2D eigenvalue weighted by molar-refractivity contribution is 6.23. The zero-order valence-corrected chi connectivity index (χ0v) is 15.6. The first-order valence-corrected chi connectivity index (χ1v) is 9.08. The van der Waals surface area contributed by atoms with Crippen LogP contribution in [0.2, 0.25) is 0 Å². The van der Waals surface area contributed by atoms with E-state index in [1.165, 1.54) is 25.2 Å². The van der Waals surface area contributed by atoms with Crippen molar-refractivity contribution in [1.82, 2.24) is 15.1 Å². The second-order valence-corrected chi connectivity index (χ2v) is 6.99. The van der Waals surface area contributed by atoms with Crippen molar-refractivity contribution < 1.29 is 19.3 Å². The molecule has 0 radical (unpaired) electrons. The number of nitrogens with one attached hydrogen (secondary N) is 1. The van der Waals surface area contributed by atoms with Crippen LogP contribution in [0.15, 0.2) is 42.5 Å². The molecule has 2 aliphatic rings. The van der Waals surface area contributed by atoms with Crippen molar-refractivity contribution in [2.24, 2.45) is 0 Å². The normalized spacial score (nSPS) is 18.4. The highest BCUT2D eigenvalue weighted by atomic mass is 16.6. The van der Waals surface area contributed by atoms with Crippen molar-refractivity contribution in [2.75, 3.05) is 13.7 Å². The fourth-order valence-corrected chi connectivity index (χ4v) is 3.93. The maximum atomic E-state index is 12.9. The Kier molecular flexibility index (Phi) is 4.59. The van der Waals surface area contributed by atoms with Gasteiger partial charge < -0.3 is 5.32 Å². The Morgan fingerprint density at radius 1 is 1.14 bits per heavy atom. The maximum absolute atomic E-state index is 12.9. The van der Waals surface area contributed by atoms with E-state index in [2.05, 4.69) is 5.32 Å². The summed E-state index contributed by atoms with van der Waals surface area (Å²) >= 11 is 0. The van der Waals surface area contributed by atoms with Gasteiger partial charge in [0.25, 0.3) is 17.5 Å². The molecule has 0 fully saturated rings. The van der Waals surface area contributed by atoms with Gasteiger partial charge in [0, 0.05) is 19.7 Å². The second-order valence-electron chi connectivity index (χ2n) is 6.99.